The van der Waals surface area contributed by atoms with Gasteiger partial charge in [-0.2, -0.15) is 0 Å². The summed E-state index contributed by atoms with van der Waals surface area (Å²) in [7, 11) is 3.15. The standard InChI is InChI=1S/C23H31NO6/c1-6-7-11-29-21-9-8-18(14-22(21)28-5)23(26)30-15-20(25)19-13-16(2)24(17(19)3)10-12-27-4/h8-9,13-14H,6-7,10-12,15H2,1-5H3. The van der Waals surface area contributed by atoms with Gasteiger partial charge in [0.2, 0.25) is 5.78 Å². The Morgan fingerprint density at radius 3 is 2.47 bits per heavy atom. The van der Waals surface area contributed by atoms with Gasteiger partial charge in [0.15, 0.2) is 18.1 Å². The number of ether oxygens (including phenoxy) is 4. The molecule has 0 aliphatic heterocycles. The van der Waals surface area contributed by atoms with E-state index in [-0.39, 0.29) is 12.4 Å². The van der Waals surface area contributed by atoms with E-state index >= 15 is 0 Å². The third kappa shape index (κ3) is 5.86. The lowest BCUT2D eigenvalue weighted by atomic mass is 10.1. The SMILES string of the molecule is CCCCOc1ccc(C(=O)OCC(=O)c2cc(C)n(CCOC)c2C)cc1OC. The van der Waals surface area contributed by atoms with Gasteiger partial charge in [0, 0.05) is 30.6 Å². The van der Waals surface area contributed by atoms with E-state index in [4.69, 9.17) is 18.9 Å². The molecular weight excluding hydrogens is 386 g/mol. The van der Waals surface area contributed by atoms with Crippen molar-refractivity contribution in [2.45, 2.75) is 40.2 Å². The van der Waals surface area contributed by atoms with Crippen molar-refractivity contribution >= 4 is 11.8 Å². The van der Waals surface area contributed by atoms with E-state index in [1.54, 1.807) is 25.3 Å². The predicted molar refractivity (Wildman–Crippen MR) is 114 cm³/mol. The molecule has 0 aliphatic carbocycles. The molecular formula is C23H31NO6. The number of carbonyl (C=O) groups is 2. The number of esters is 1. The molecule has 1 aromatic carbocycles. The quantitative estimate of drug-likeness (QED) is 0.295. The molecule has 0 aliphatic rings. The van der Waals surface area contributed by atoms with Gasteiger partial charge >= 0.3 is 5.97 Å². The van der Waals surface area contributed by atoms with E-state index in [1.807, 2.05) is 24.5 Å². The van der Waals surface area contributed by atoms with Crippen LogP contribution < -0.4 is 9.47 Å². The number of hydrogen-bond acceptors (Lipinski definition) is 6. The third-order valence-electron chi connectivity index (χ3n) is 4.88. The van der Waals surface area contributed by atoms with Crippen molar-refractivity contribution in [1.29, 1.82) is 0 Å². The normalized spacial score (nSPS) is 10.7. The summed E-state index contributed by atoms with van der Waals surface area (Å²) in [6, 6.07) is 6.65. The van der Waals surface area contributed by atoms with Gasteiger partial charge in [-0.15, -0.1) is 0 Å². The summed E-state index contributed by atoms with van der Waals surface area (Å²) in [4.78, 5) is 25.0. The lowest BCUT2D eigenvalue weighted by Crippen LogP contribution is -2.15. The van der Waals surface area contributed by atoms with Gasteiger partial charge in [0.25, 0.3) is 0 Å². The second-order valence-corrected chi connectivity index (χ2v) is 7.00. The number of methoxy groups -OCH3 is 2. The van der Waals surface area contributed by atoms with Crippen LogP contribution >= 0.6 is 0 Å². The number of Topliss-reactive ketones (excluding diaryl/α,β-unsaturated/α-hetero) is 1. The summed E-state index contributed by atoms with van der Waals surface area (Å²) in [5, 5.41) is 0. The second-order valence-electron chi connectivity index (χ2n) is 7.00. The number of hydrogen-bond donors (Lipinski definition) is 0. The first-order chi connectivity index (χ1) is 14.4. The number of carbonyl (C=O) groups excluding carboxylic acids is 2. The Hall–Kier alpha value is -2.80. The molecule has 0 atom stereocenters. The molecule has 0 amide bonds. The van der Waals surface area contributed by atoms with Crippen molar-refractivity contribution in [3.05, 3.63) is 46.8 Å². The summed E-state index contributed by atoms with van der Waals surface area (Å²) < 4.78 is 23.4. The molecule has 1 heterocycles. The summed E-state index contributed by atoms with van der Waals surface area (Å²) in [5.41, 5.74) is 2.64. The van der Waals surface area contributed by atoms with Crippen molar-refractivity contribution in [2.24, 2.45) is 0 Å². The molecule has 0 fully saturated rings. The van der Waals surface area contributed by atoms with E-state index < -0.39 is 5.97 Å². The average Bonchev–Trinajstić information content (AvgIpc) is 3.04. The molecule has 2 rings (SSSR count). The fourth-order valence-electron chi connectivity index (χ4n) is 3.14. The van der Waals surface area contributed by atoms with Crippen LogP contribution in [0.5, 0.6) is 11.5 Å². The maximum absolute atomic E-state index is 12.6. The molecule has 7 nitrogen and oxygen atoms in total. The van der Waals surface area contributed by atoms with Gasteiger partial charge in [-0.25, -0.2) is 4.79 Å². The Bertz CT molecular complexity index is 871. The topological polar surface area (TPSA) is 76.0 Å². The lowest BCUT2D eigenvalue weighted by molar-refractivity contribution is 0.0474. The van der Waals surface area contributed by atoms with Crippen molar-refractivity contribution in [3.8, 4) is 11.5 Å². The van der Waals surface area contributed by atoms with Crippen LogP contribution in [-0.2, 0) is 16.0 Å². The van der Waals surface area contributed by atoms with Crippen LogP contribution in [0.15, 0.2) is 24.3 Å². The third-order valence-corrected chi connectivity index (χ3v) is 4.88. The number of aryl methyl sites for hydroxylation is 1. The largest absolute Gasteiger partial charge is 0.493 e. The fraction of sp³-hybridized carbons (Fsp3) is 0.478. The molecule has 0 saturated heterocycles. The summed E-state index contributed by atoms with van der Waals surface area (Å²) >= 11 is 0. The fourth-order valence-corrected chi connectivity index (χ4v) is 3.14. The van der Waals surface area contributed by atoms with Crippen molar-refractivity contribution < 1.29 is 28.5 Å². The maximum atomic E-state index is 12.6. The minimum atomic E-state index is -0.588. The highest BCUT2D eigenvalue weighted by Gasteiger charge is 2.19. The highest BCUT2D eigenvalue weighted by atomic mass is 16.5. The van der Waals surface area contributed by atoms with E-state index in [2.05, 4.69) is 6.92 Å². The smallest absolute Gasteiger partial charge is 0.338 e. The van der Waals surface area contributed by atoms with Crippen LogP contribution in [0.4, 0.5) is 0 Å². The van der Waals surface area contributed by atoms with E-state index in [0.717, 1.165) is 24.2 Å². The zero-order chi connectivity index (χ0) is 22.1. The molecule has 1 aromatic heterocycles. The monoisotopic (exact) mass is 417 g/mol. The van der Waals surface area contributed by atoms with Gasteiger partial charge in [0.05, 0.1) is 25.9 Å². The predicted octanol–water partition coefficient (Wildman–Crippen LogP) is 3.98. The molecule has 2 aromatic rings. The number of unbranched alkanes of at least 4 members (excludes halogenated alkanes) is 1. The highest BCUT2D eigenvalue weighted by Crippen LogP contribution is 2.28. The Labute approximate surface area is 177 Å². The zero-order valence-electron chi connectivity index (χ0n) is 18.4. The summed E-state index contributed by atoms with van der Waals surface area (Å²) in [6.07, 6.45) is 1.96. The molecule has 0 radical (unpaired) electrons. The van der Waals surface area contributed by atoms with Crippen LogP contribution in [-0.4, -0.2) is 50.4 Å². The molecule has 0 unspecified atom stereocenters. The van der Waals surface area contributed by atoms with E-state index in [9.17, 15) is 9.59 Å². The van der Waals surface area contributed by atoms with E-state index in [0.29, 0.717) is 42.4 Å². The Kier molecular flexibility index (Phi) is 8.92. The first-order valence-corrected chi connectivity index (χ1v) is 10.1. The molecule has 0 spiro atoms. The number of benzene rings is 1. The summed E-state index contributed by atoms with van der Waals surface area (Å²) in [6.45, 7) is 7.35. The van der Waals surface area contributed by atoms with E-state index in [1.165, 1.54) is 7.11 Å². The molecule has 164 valence electrons. The van der Waals surface area contributed by atoms with Crippen LogP contribution in [0.2, 0.25) is 0 Å². The number of ketones is 1. The highest BCUT2D eigenvalue weighted by molar-refractivity contribution is 6.00. The average molecular weight is 418 g/mol. The maximum Gasteiger partial charge on any atom is 0.338 e. The number of nitrogens with zero attached hydrogens (tertiary/aromatic N) is 1. The Balaban J connectivity index is 2.02. The van der Waals surface area contributed by atoms with Gasteiger partial charge < -0.3 is 23.5 Å². The Morgan fingerprint density at radius 2 is 1.80 bits per heavy atom. The van der Waals surface area contributed by atoms with Crippen LogP contribution in [0.1, 0.15) is 51.9 Å². The van der Waals surface area contributed by atoms with Gasteiger partial charge in [0.1, 0.15) is 0 Å². The van der Waals surface area contributed by atoms with Crippen molar-refractivity contribution in [3.63, 3.8) is 0 Å². The summed E-state index contributed by atoms with van der Waals surface area (Å²) in [5.74, 6) is 0.192. The van der Waals surface area contributed by atoms with Gasteiger partial charge in [-0.3, -0.25) is 4.79 Å². The van der Waals surface area contributed by atoms with Crippen LogP contribution in [0.25, 0.3) is 0 Å². The number of aromatic nitrogens is 1. The minimum Gasteiger partial charge on any atom is -0.493 e. The number of rotatable bonds is 12. The molecule has 0 saturated carbocycles. The minimum absolute atomic E-state index is 0.244. The first kappa shape index (κ1) is 23.5. The zero-order valence-corrected chi connectivity index (χ0v) is 18.4. The van der Waals surface area contributed by atoms with Crippen LogP contribution in [0.3, 0.4) is 0 Å². The van der Waals surface area contributed by atoms with Crippen molar-refractivity contribution in [1.82, 2.24) is 4.57 Å². The second kappa shape index (κ2) is 11.4. The molecule has 30 heavy (non-hydrogen) atoms. The van der Waals surface area contributed by atoms with Gasteiger partial charge in [-0.05, 0) is 44.5 Å². The molecule has 7 heteroatoms. The first-order valence-electron chi connectivity index (χ1n) is 10.1. The lowest BCUT2D eigenvalue weighted by Gasteiger charge is -2.12. The molecule has 0 N–H and O–H groups in total. The Morgan fingerprint density at radius 1 is 1.03 bits per heavy atom. The van der Waals surface area contributed by atoms with Crippen molar-refractivity contribution in [2.75, 3.05) is 34.0 Å². The molecule has 0 bridgehead atoms. The van der Waals surface area contributed by atoms with Gasteiger partial charge in [-0.1, -0.05) is 13.3 Å². The van der Waals surface area contributed by atoms with Crippen LogP contribution in [0, 0.1) is 13.8 Å².